The number of nitro groups is 1. The lowest BCUT2D eigenvalue weighted by atomic mass is 10.5. The summed E-state index contributed by atoms with van der Waals surface area (Å²) in [5.41, 5.74) is 0.269. The Balaban J connectivity index is 2.96. The van der Waals surface area contributed by atoms with Gasteiger partial charge in [-0.3, -0.25) is 4.79 Å². The lowest BCUT2D eigenvalue weighted by molar-refractivity contribution is -0.389. The normalized spacial score (nSPS) is 11.4. The summed E-state index contributed by atoms with van der Waals surface area (Å²) < 4.78 is 23.5. The fourth-order valence-corrected chi connectivity index (χ4v) is 2.23. The first-order valence-electron chi connectivity index (χ1n) is 4.32. The van der Waals surface area contributed by atoms with E-state index < -0.39 is 38.2 Å². The molecule has 0 aromatic carbocycles. The number of rotatable bonds is 5. The molecule has 1 heterocycles. The highest BCUT2D eigenvalue weighted by atomic mass is 32.2. The van der Waals surface area contributed by atoms with Crippen molar-refractivity contribution in [2.45, 2.75) is 12.8 Å². The third-order valence-electron chi connectivity index (χ3n) is 1.82. The van der Waals surface area contributed by atoms with Crippen molar-refractivity contribution in [2.24, 2.45) is 0 Å². The Hall–Kier alpha value is -1.97. The highest BCUT2D eigenvalue weighted by molar-refractivity contribution is 7.91. The molecule has 0 aliphatic heterocycles. The third kappa shape index (κ3) is 3.52. The Morgan fingerprint density at radius 3 is 2.65 bits per heavy atom. The van der Waals surface area contributed by atoms with Gasteiger partial charge in [0, 0.05) is 0 Å². The Morgan fingerprint density at radius 2 is 2.24 bits per heavy atom. The summed E-state index contributed by atoms with van der Waals surface area (Å²) in [4.78, 5) is 19.9. The van der Waals surface area contributed by atoms with E-state index in [1.807, 2.05) is 0 Å². The minimum Gasteiger partial charge on any atom is -0.480 e. The van der Waals surface area contributed by atoms with Crippen LogP contribution in [0.3, 0.4) is 0 Å². The Labute approximate surface area is 95.7 Å². The topological polar surface area (TPSA) is 132 Å². The number of carboxylic acid groups (broad SMARTS) is 1. The van der Waals surface area contributed by atoms with Crippen LogP contribution >= 0.6 is 0 Å². The van der Waals surface area contributed by atoms with Crippen LogP contribution in [0.25, 0.3) is 0 Å². The fraction of sp³-hybridized carbons (Fsp3) is 0.429. The Kier molecular flexibility index (Phi) is 3.46. The molecular weight excluding hydrogens is 254 g/mol. The van der Waals surface area contributed by atoms with E-state index in [4.69, 9.17) is 5.11 Å². The lowest BCUT2D eigenvalue weighted by Crippen LogP contribution is -2.21. The molecule has 0 radical (unpaired) electrons. The molecule has 1 rings (SSSR count). The van der Waals surface area contributed by atoms with E-state index in [-0.39, 0.29) is 5.69 Å². The first-order chi connectivity index (χ1) is 7.71. The molecule has 0 fully saturated rings. The van der Waals surface area contributed by atoms with E-state index in [9.17, 15) is 23.3 Å². The van der Waals surface area contributed by atoms with Crippen LogP contribution in [0.2, 0.25) is 0 Å². The van der Waals surface area contributed by atoms with Gasteiger partial charge in [0.2, 0.25) is 0 Å². The predicted molar refractivity (Wildman–Crippen MR) is 55.0 cm³/mol. The largest absolute Gasteiger partial charge is 0.480 e. The summed E-state index contributed by atoms with van der Waals surface area (Å²) in [7, 11) is -3.89. The van der Waals surface area contributed by atoms with Crippen molar-refractivity contribution >= 4 is 21.6 Å². The van der Waals surface area contributed by atoms with Gasteiger partial charge in [-0.05, 0) is 11.8 Å². The third-order valence-corrected chi connectivity index (χ3v) is 3.14. The van der Waals surface area contributed by atoms with Crippen LogP contribution in [0.5, 0.6) is 0 Å². The summed E-state index contributed by atoms with van der Waals surface area (Å²) in [6.45, 7) is 1.44. The van der Waals surface area contributed by atoms with Crippen molar-refractivity contribution in [3.8, 4) is 0 Å². The van der Waals surface area contributed by atoms with Gasteiger partial charge in [-0.25, -0.2) is 8.42 Å². The molecule has 0 amide bonds. The lowest BCUT2D eigenvalue weighted by Gasteiger charge is -1.99. The van der Waals surface area contributed by atoms with Crippen molar-refractivity contribution in [1.82, 2.24) is 9.78 Å². The number of aliphatic carboxylic acids is 1. The van der Waals surface area contributed by atoms with Gasteiger partial charge in [-0.1, -0.05) is 0 Å². The van der Waals surface area contributed by atoms with E-state index >= 15 is 0 Å². The van der Waals surface area contributed by atoms with Crippen molar-refractivity contribution in [2.75, 3.05) is 5.75 Å². The smallest absolute Gasteiger partial charge is 0.390 e. The van der Waals surface area contributed by atoms with Crippen molar-refractivity contribution in [3.05, 3.63) is 21.9 Å². The molecule has 10 heteroatoms. The first kappa shape index (κ1) is 13.1. The first-order valence-corrected chi connectivity index (χ1v) is 6.14. The molecule has 0 saturated carbocycles. The van der Waals surface area contributed by atoms with E-state index in [0.717, 1.165) is 10.7 Å². The minimum absolute atomic E-state index is 0.269. The zero-order valence-electron chi connectivity index (χ0n) is 8.73. The van der Waals surface area contributed by atoms with Gasteiger partial charge >= 0.3 is 11.8 Å². The molecule has 17 heavy (non-hydrogen) atoms. The summed E-state index contributed by atoms with van der Waals surface area (Å²) in [5.74, 6) is -3.70. The molecule has 0 spiro atoms. The van der Waals surface area contributed by atoms with Gasteiger partial charge in [0.05, 0.1) is 16.9 Å². The Morgan fingerprint density at radius 1 is 1.65 bits per heavy atom. The molecule has 0 bridgehead atoms. The van der Waals surface area contributed by atoms with Gasteiger partial charge in [0.1, 0.15) is 5.75 Å². The maximum absolute atomic E-state index is 11.3. The average molecular weight is 263 g/mol. The number of sulfone groups is 1. The standard InChI is InChI=1S/C7H9N3O6S/c1-5-2-6(10(13)14)8-9(5)4-17(15,16)3-7(11)12/h2H,3-4H2,1H3,(H,11,12). The number of hydrogen-bond acceptors (Lipinski definition) is 6. The molecule has 1 N–H and O–H groups in total. The van der Waals surface area contributed by atoms with Crippen molar-refractivity contribution in [3.63, 3.8) is 0 Å². The van der Waals surface area contributed by atoms with Gasteiger partial charge in [0.15, 0.2) is 15.7 Å². The molecule has 9 nitrogen and oxygen atoms in total. The van der Waals surface area contributed by atoms with Crippen molar-refractivity contribution < 1.29 is 23.2 Å². The van der Waals surface area contributed by atoms with Crippen molar-refractivity contribution in [1.29, 1.82) is 0 Å². The van der Waals surface area contributed by atoms with Crippen LogP contribution < -0.4 is 0 Å². The summed E-state index contributed by atoms with van der Waals surface area (Å²) in [5, 5.41) is 22.2. The fourth-order valence-electron chi connectivity index (χ4n) is 1.13. The molecule has 0 aliphatic rings. The molecule has 0 unspecified atom stereocenters. The summed E-state index contributed by atoms with van der Waals surface area (Å²) in [6, 6.07) is 1.11. The molecule has 1 aromatic rings. The van der Waals surface area contributed by atoms with Crippen LogP contribution in [0.15, 0.2) is 6.07 Å². The number of hydrogen-bond donors (Lipinski definition) is 1. The molecule has 0 atom stereocenters. The Bertz CT molecular complexity index is 560. The second-order valence-electron chi connectivity index (χ2n) is 3.31. The van der Waals surface area contributed by atoms with Gasteiger partial charge in [-0.15, -0.1) is 0 Å². The summed E-state index contributed by atoms with van der Waals surface area (Å²) in [6.07, 6.45) is 0. The van der Waals surface area contributed by atoms with Crippen LogP contribution in [0, 0.1) is 17.0 Å². The van der Waals surface area contributed by atoms with Crippen LogP contribution in [-0.4, -0.2) is 40.0 Å². The number of aryl methyl sites for hydroxylation is 1. The zero-order valence-corrected chi connectivity index (χ0v) is 9.55. The number of carboxylic acids is 1. The molecular formula is C7H9N3O6S. The van der Waals surface area contributed by atoms with E-state index in [1.165, 1.54) is 6.92 Å². The maximum atomic E-state index is 11.3. The molecule has 94 valence electrons. The number of nitrogens with zero attached hydrogens (tertiary/aromatic N) is 3. The van der Waals surface area contributed by atoms with Crippen LogP contribution in [-0.2, 0) is 20.5 Å². The molecule has 1 aromatic heterocycles. The zero-order chi connectivity index (χ0) is 13.2. The second-order valence-corrected chi connectivity index (χ2v) is 5.35. The second kappa shape index (κ2) is 4.49. The quantitative estimate of drug-likeness (QED) is 0.562. The summed E-state index contributed by atoms with van der Waals surface area (Å²) >= 11 is 0. The van der Waals surface area contributed by atoms with E-state index in [2.05, 4.69) is 5.10 Å². The molecule has 0 aliphatic carbocycles. The van der Waals surface area contributed by atoms with Crippen LogP contribution in [0.4, 0.5) is 5.82 Å². The number of carbonyl (C=O) groups is 1. The average Bonchev–Trinajstić information content (AvgIpc) is 2.44. The van der Waals surface area contributed by atoms with Gasteiger partial charge < -0.3 is 15.2 Å². The van der Waals surface area contributed by atoms with Gasteiger partial charge in [-0.2, -0.15) is 4.68 Å². The SMILES string of the molecule is Cc1cc([N+](=O)[O-])nn1CS(=O)(=O)CC(=O)O. The van der Waals surface area contributed by atoms with Crippen LogP contribution in [0.1, 0.15) is 5.69 Å². The predicted octanol–water partition coefficient (Wildman–Crippen LogP) is -0.443. The molecule has 0 saturated heterocycles. The highest BCUT2D eigenvalue weighted by Gasteiger charge is 2.22. The number of aromatic nitrogens is 2. The van der Waals surface area contributed by atoms with E-state index in [0.29, 0.717) is 0 Å². The monoisotopic (exact) mass is 263 g/mol. The highest BCUT2D eigenvalue weighted by Crippen LogP contribution is 2.12. The van der Waals surface area contributed by atoms with E-state index in [1.54, 1.807) is 0 Å². The maximum Gasteiger partial charge on any atom is 0.390 e. The van der Waals surface area contributed by atoms with Gasteiger partial charge in [0.25, 0.3) is 0 Å². The minimum atomic E-state index is -3.89.